The molecule has 2 aromatic carbocycles. The van der Waals surface area contributed by atoms with Crippen LogP contribution in [0.4, 0.5) is 5.13 Å². The second-order valence-electron chi connectivity index (χ2n) is 8.23. The first-order valence-electron chi connectivity index (χ1n) is 11.5. The highest BCUT2D eigenvalue weighted by atomic mass is 35.5. The Balaban J connectivity index is 0.00000342. The van der Waals surface area contributed by atoms with E-state index in [0.29, 0.717) is 41.9 Å². The third-order valence-corrected chi connectivity index (χ3v) is 9.34. The average molecular weight is 558 g/mol. The molecule has 0 atom stereocenters. The molecule has 1 saturated heterocycles. The lowest BCUT2D eigenvalue weighted by atomic mass is 10.2. The molecule has 4 rings (SSSR count). The molecular weight excluding hydrogens is 527 g/mol. The second kappa shape index (κ2) is 12.0. The molecule has 11 heteroatoms. The van der Waals surface area contributed by atoms with Gasteiger partial charge in [0.1, 0.15) is 0 Å². The predicted molar refractivity (Wildman–Crippen MR) is 146 cm³/mol. The van der Waals surface area contributed by atoms with Crippen LogP contribution in [0.15, 0.2) is 47.4 Å². The lowest BCUT2D eigenvalue weighted by Crippen LogP contribution is -2.38. The minimum absolute atomic E-state index is 0. The molecule has 0 aliphatic carbocycles. The zero-order valence-electron chi connectivity index (χ0n) is 19.8. The van der Waals surface area contributed by atoms with Gasteiger partial charge in [-0.15, -0.1) is 12.4 Å². The van der Waals surface area contributed by atoms with Crippen molar-refractivity contribution in [3.8, 4) is 0 Å². The minimum Gasteiger partial charge on any atom is -0.302 e. The van der Waals surface area contributed by atoms with Gasteiger partial charge in [0.05, 0.1) is 15.1 Å². The quantitative estimate of drug-likeness (QED) is 0.364. The number of carbonyl (C=O) groups is 1. The van der Waals surface area contributed by atoms with Gasteiger partial charge in [-0.2, -0.15) is 4.31 Å². The highest BCUT2D eigenvalue weighted by Gasteiger charge is 2.28. The smallest absolute Gasteiger partial charge is 0.260 e. The number of thiazole rings is 1. The summed E-state index contributed by atoms with van der Waals surface area (Å²) < 4.78 is 28.1. The molecule has 0 N–H and O–H groups in total. The van der Waals surface area contributed by atoms with E-state index in [1.807, 2.05) is 12.1 Å². The number of hydrogen-bond acceptors (Lipinski definition) is 6. The maximum absolute atomic E-state index is 13.6. The van der Waals surface area contributed by atoms with E-state index in [4.69, 9.17) is 11.6 Å². The Kier molecular flexibility index (Phi) is 9.53. The van der Waals surface area contributed by atoms with Crippen molar-refractivity contribution in [3.63, 3.8) is 0 Å². The first-order valence-corrected chi connectivity index (χ1v) is 14.2. The Morgan fingerprint density at radius 3 is 2.34 bits per heavy atom. The zero-order chi connectivity index (χ0) is 24.3. The molecular formula is C24H30Cl2N4O3S2. The van der Waals surface area contributed by atoms with Gasteiger partial charge in [0.25, 0.3) is 5.91 Å². The Labute approximate surface area is 222 Å². The van der Waals surface area contributed by atoms with Crippen molar-refractivity contribution in [3.05, 3.63) is 53.1 Å². The first-order chi connectivity index (χ1) is 16.3. The van der Waals surface area contributed by atoms with Crippen molar-refractivity contribution in [1.82, 2.24) is 14.2 Å². The maximum Gasteiger partial charge on any atom is 0.260 e. The molecule has 3 aromatic rings. The molecule has 7 nitrogen and oxygen atoms in total. The van der Waals surface area contributed by atoms with E-state index in [1.165, 1.54) is 27.8 Å². The normalized spacial score (nSPS) is 14.4. The SMILES string of the molecule is CCN(CC)CCN(C(=O)c1ccc(S(=O)(=O)N2CCCC2)cc1)c1nc2ccc(Cl)cc2s1.Cl. The molecule has 1 fully saturated rings. The van der Waals surface area contributed by atoms with Gasteiger partial charge in [0.15, 0.2) is 5.13 Å². The number of fused-ring (bicyclic) bond motifs is 1. The standard InChI is InChI=1S/C24H29ClN4O3S2.ClH/c1-3-27(4-2)15-16-29(24-26-21-12-9-19(25)17-22(21)33-24)23(30)18-7-10-20(11-8-18)34(31,32)28-13-5-6-14-28;/h7-12,17H,3-6,13-16H2,1-2H3;1H. The van der Waals surface area contributed by atoms with Crippen LogP contribution in [0.2, 0.25) is 5.02 Å². The summed E-state index contributed by atoms with van der Waals surface area (Å²) in [4.78, 5) is 22.4. The average Bonchev–Trinajstić information content (AvgIpc) is 3.52. The number of carbonyl (C=O) groups excluding carboxylic acids is 1. The van der Waals surface area contributed by atoms with Gasteiger partial charge < -0.3 is 4.90 Å². The number of halogens is 2. The fourth-order valence-electron chi connectivity index (χ4n) is 4.07. The van der Waals surface area contributed by atoms with Gasteiger partial charge in [-0.1, -0.05) is 36.8 Å². The van der Waals surface area contributed by atoms with E-state index in [0.717, 1.165) is 36.1 Å². The van der Waals surface area contributed by atoms with Crippen molar-refractivity contribution >= 4 is 66.6 Å². The topological polar surface area (TPSA) is 73.8 Å². The number of nitrogens with zero attached hydrogens (tertiary/aromatic N) is 4. The van der Waals surface area contributed by atoms with Gasteiger partial charge in [-0.3, -0.25) is 9.69 Å². The molecule has 1 aliphatic heterocycles. The summed E-state index contributed by atoms with van der Waals surface area (Å²) >= 11 is 7.57. The summed E-state index contributed by atoms with van der Waals surface area (Å²) in [7, 11) is -3.52. The fraction of sp³-hybridized carbons (Fsp3) is 0.417. The Bertz CT molecular complexity index is 1260. The molecule has 0 spiro atoms. The molecule has 0 saturated carbocycles. The summed E-state index contributed by atoms with van der Waals surface area (Å²) in [6.45, 7) is 8.23. The Hall–Kier alpha value is -1.75. The van der Waals surface area contributed by atoms with Gasteiger partial charge >= 0.3 is 0 Å². The van der Waals surface area contributed by atoms with Crippen LogP contribution in [0.5, 0.6) is 0 Å². The molecule has 1 amide bonds. The van der Waals surface area contributed by atoms with Crippen molar-refractivity contribution in [2.24, 2.45) is 0 Å². The molecule has 0 unspecified atom stereocenters. The maximum atomic E-state index is 13.6. The number of sulfonamides is 1. The summed E-state index contributed by atoms with van der Waals surface area (Å²) in [5.41, 5.74) is 1.22. The molecule has 0 radical (unpaired) electrons. The van der Waals surface area contributed by atoms with Crippen LogP contribution in [0.25, 0.3) is 10.2 Å². The molecule has 2 heterocycles. The van der Waals surface area contributed by atoms with Crippen LogP contribution in [-0.4, -0.2) is 67.8 Å². The third-order valence-electron chi connectivity index (χ3n) is 6.15. The van der Waals surface area contributed by atoms with Crippen molar-refractivity contribution in [1.29, 1.82) is 0 Å². The molecule has 1 aromatic heterocycles. The van der Waals surface area contributed by atoms with E-state index in [9.17, 15) is 13.2 Å². The monoisotopic (exact) mass is 556 g/mol. The van der Waals surface area contributed by atoms with Crippen LogP contribution in [-0.2, 0) is 10.0 Å². The van der Waals surface area contributed by atoms with Crippen molar-refractivity contribution in [2.45, 2.75) is 31.6 Å². The van der Waals surface area contributed by atoms with E-state index in [-0.39, 0.29) is 23.2 Å². The van der Waals surface area contributed by atoms with Crippen LogP contribution < -0.4 is 4.90 Å². The number of aromatic nitrogens is 1. The number of rotatable bonds is 9. The fourth-order valence-corrected chi connectivity index (χ4v) is 6.85. The third kappa shape index (κ3) is 6.15. The van der Waals surface area contributed by atoms with Crippen LogP contribution in [0.3, 0.4) is 0 Å². The second-order valence-corrected chi connectivity index (χ2v) is 11.6. The molecule has 190 valence electrons. The minimum atomic E-state index is -3.52. The molecule has 35 heavy (non-hydrogen) atoms. The Morgan fingerprint density at radius 2 is 1.71 bits per heavy atom. The summed E-state index contributed by atoms with van der Waals surface area (Å²) in [5.74, 6) is -0.206. The van der Waals surface area contributed by atoms with E-state index < -0.39 is 10.0 Å². The van der Waals surface area contributed by atoms with Crippen LogP contribution in [0, 0.1) is 0 Å². The summed E-state index contributed by atoms with van der Waals surface area (Å²) in [6, 6.07) is 11.7. The zero-order valence-corrected chi connectivity index (χ0v) is 23.0. The van der Waals surface area contributed by atoms with E-state index >= 15 is 0 Å². The van der Waals surface area contributed by atoms with Gasteiger partial charge in [-0.05, 0) is 68.4 Å². The largest absolute Gasteiger partial charge is 0.302 e. The van der Waals surface area contributed by atoms with E-state index in [2.05, 4.69) is 23.7 Å². The lowest BCUT2D eigenvalue weighted by molar-refractivity contribution is 0.0983. The highest BCUT2D eigenvalue weighted by Crippen LogP contribution is 2.32. The van der Waals surface area contributed by atoms with Crippen molar-refractivity contribution < 1.29 is 13.2 Å². The van der Waals surface area contributed by atoms with Crippen molar-refractivity contribution in [2.75, 3.05) is 44.2 Å². The summed E-state index contributed by atoms with van der Waals surface area (Å²) in [6.07, 6.45) is 1.76. The first kappa shape index (κ1) is 27.8. The number of amides is 1. The number of hydrogen-bond donors (Lipinski definition) is 0. The van der Waals surface area contributed by atoms with Crippen LogP contribution >= 0.6 is 35.3 Å². The number of benzene rings is 2. The molecule has 1 aliphatic rings. The number of likely N-dealkylation sites (N-methyl/N-ethyl adjacent to an activating group) is 1. The molecule has 0 bridgehead atoms. The summed E-state index contributed by atoms with van der Waals surface area (Å²) in [5, 5.41) is 1.22. The van der Waals surface area contributed by atoms with Gasteiger partial charge in [0, 0.05) is 36.8 Å². The van der Waals surface area contributed by atoms with Crippen LogP contribution in [0.1, 0.15) is 37.0 Å². The highest BCUT2D eigenvalue weighted by molar-refractivity contribution is 7.89. The van der Waals surface area contributed by atoms with E-state index in [1.54, 1.807) is 23.1 Å². The number of anilines is 1. The Morgan fingerprint density at radius 1 is 1.06 bits per heavy atom. The predicted octanol–water partition coefficient (Wildman–Crippen LogP) is 5.14. The lowest BCUT2D eigenvalue weighted by Gasteiger charge is -2.25. The van der Waals surface area contributed by atoms with Gasteiger partial charge in [-0.25, -0.2) is 13.4 Å². The van der Waals surface area contributed by atoms with Gasteiger partial charge in [0.2, 0.25) is 10.0 Å².